The van der Waals surface area contributed by atoms with Gasteiger partial charge in [0.15, 0.2) is 0 Å². The van der Waals surface area contributed by atoms with Crippen molar-refractivity contribution in [1.29, 1.82) is 0 Å². The van der Waals surface area contributed by atoms with Crippen molar-refractivity contribution in [1.82, 2.24) is 0 Å². The van der Waals surface area contributed by atoms with Crippen LogP contribution in [0.2, 0.25) is 0 Å². The Labute approximate surface area is 91.6 Å². The van der Waals surface area contributed by atoms with E-state index in [1.54, 1.807) is 0 Å². The van der Waals surface area contributed by atoms with E-state index in [9.17, 15) is 5.11 Å². The third kappa shape index (κ3) is 2.12. The average Bonchev–Trinajstić information content (AvgIpc) is 2.17. The third-order valence-corrected chi connectivity index (χ3v) is 3.16. The minimum atomic E-state index is -0.675. The Hall–Kier alpha value is -0.470. The van der Waals surface area contributed by atoms with Crippen LogP contribution >= 0.6 is 12.6 Å². The molecule has 0 amide bonds. The van der Waals surface area contributed by atoms with E-state index in [1.165, 1.54) is 0 Å². The minimum Gasteiger partial charge on any atom is -0.385 e. The topological polar surface area (TPSA) is 20.2 Å². The van der Waals surface area contributed by atoms with Gasteiger partial charge in [0.25, 0.3) is 0 Å². The maximum absolute atomic E-state index is 10.3. The first kappa shape index (κ1) is 11.6. The van der Waals surface area contributed by atoms with Crippen LogP contribution in [0, 0.1) is 6.92 Å². The molecule has 0 spiro atoms. The Morgan fingerprint density at radius 1 is 1.29 bits per heavy atom. The summed E-state index contributed by atoms with van der Waals surface area (Å²) in [7, 11) is 0. The molecule has 14 heavy (non-hydrogen) atoms. The molecule has 2 heteroatoms. The molecule has 0 aromatic heterocycles. The third-order valence-electron chi connectivity index (χ3n) is 2.88. The van der Waals surface area contributed by atoms with Crippen LogP contribution in [0.15, 0.2) is 23.1 Å². The standard InChI is InChI=1S/C12H18OS/c1-4-12(13,5-2)11-7-6-10(14)8-9(11)3/h6-8,13-14H,4-5H2,1-3H3. The summed E-state index contributed by atoms with van der Waals surface area (Å²) in [5, 5.41) is 10.3. The van der Waals surface area contributed by atoms with Crippen LogP contribution < -0.4 is 0 Å². The van der Waals surface area contributed by atoms with Crippen LogP contribution in [-0.2, 0) is 5.60 Å². The maximum atomic E-state index is 10.3. The zero-order valence-electron chi connectivity index (χ0n) is 9.04. The van der Waals surface area contributed by atoms with Gasteiger partial charge in [0.2, 0.25) is 0 Å². The molecule has 1 nitrogen and oxygen atoms in total. The minimum absolute atomic E-state index is 0.675. The van der Waals surface area contributed by atoms with Gasteiger partial charge < -0.3 is 5.11 Å². The van der Waals surface area contributed by atoms with E-state index >= 15 is 0 Å². The van der Waals surface area contributed by atoms with Crippen LogP contribution in [0.4, 0.5) is 0 Å². The average molecular weight is 210 g/mol. The lowest BCUT2D eigenvalue weighted by Crippen LogP contribution is -2.24. The van der Waals surface area contributed by atoms with Crippen molar-refractivity contribution in [3.8, 4) is 0 Å². The fourth-order valence-electron chi connectivity index (χ4n) is 1.80. The van der Waals surface area contributed by atoms with Crippen LogP contribution in [0.5, 0.6) is 0 Å². The first-order valence-corrected chi connectivity index (χ1v) is 5.50. The van der Waals surface area contributed by atoms with Gasteiger partial charge in [-0.25, -0.2) is 0 Å². The molecule has 0 saturated heterocycles. The first-order chi connectivity index (χ1) is 6.53. The van der Waals surface area contributed by atoms with Gasteiger partial charge in [0.1, 0.15) is 0 Å². The van der Waals surface area contributed by atoms with Crippen LogP contribution in [0.25, 0.3) is 0 Å². The van der Waals surface area contributed by atoms with E-state index in [-0.39, 0.29) is 0 Å². The molecule has 0 saturated carbocycles. The highest BCUT2D eigenvalue weighted by atomic mass is 32.1. The number of rotatable bonds is 3. The van der Waals surface area contributed by atoms with Gasteiger partial charge in [0.05, 0.1) is 5.60 Å². The van der Waals surface area contributed by atoms with E-state index in [0.717, 1.165) is 28.9 Å². The quantitative estimate of drug-likeness (QED) is 0.734. The van der Waals surface area contributed by atoms with Crippen molar-refractivity contribution >= 4 is 12.6 Å². The number of hydrogen-bond acceptors (Lipinski definition) is 2. The highest BCUT2D eigenvalue weighted by Crippen LogP contribution is 2.31. The number of benzene rings is 1. The predicted molar refractivity (Wildman–Crippen MR) is 62.9 cm³/mol. The largest absolute Gasteiger partial charge is 0.385 e. The highest BCUT2D eigenvalue weighted by Gasteiger charge is 2.26. The number of aliphatic hydroxyl groups is 1. The molecule has 0 fully saturated rings. The van der Waals surface area contributed by atoms with Crippen molar-refractivity contribution in [2.24, 2.45) is 0 Å². The van der Waals surface area contributed by atoms with Crippen molar-refractivity contribution in [3.63, 3.8) is 0 Å². The van der Waals surface area contributed by atoms with Crippen molar-refractivity contribution in [3.05, 3.63) is 29.3 Å². The van der Waals surface area contributed by atoms with E-state index in [0.29, 0.717) is 0 Å². The molecule has 1 rings (SSSR count). The predicted octanol–water partition coefficient (Wildman–Crippen LogP) is 3.29. The zero-order valence-corrected chi connectivity index (χ0v) is 9.94. The second-order valence-electron chi connectivity index (χ2n) is 3.74. The molecular weight excluding hydrogens is 192 g/mol. The Morgan fingerprint density at radius 2 is 1.86 bits per heavy atom. The lowest BCUT2D eigenvalue weighted by molar-refractivity contribution is 0.0277. The summed E-state index contributed by atoms with van der Waals surface area (Å²) in [5.41, 5.74) is 1.47. The highest BCUT2D eigenvalue weighted by molar-refractivity contribution is 7.80. The summed E-state index contributed by atoms with van der Waals surface area (Å²) in [4.78, 5) is 0.945. The van der Waals surface area contributed by atoms with Crippen LogP contribution in [0.3, 0.4) is 0 Å². The fourth-order valence-corrected chi connectivity index (χ4v) is 2.07. The van der Waals surface area contributed by atoms with E-state index in [2.05, 4.69) is 12.6 Å². The molecule has 0 aliphatic heterocycles. The van der Waals surface area contributed by atoms with Gasteiger partial charge in [-0.2, -0.15) is 0 Å². The summed E-state index contributed by atoms with van der Waals surface area (Å²) in [6.45, 7) is 6.04. The Kier molecular flexibility index (Phi) is 3.62. The molecular formula is C12H18OS. The van der Waals surface area contributed by atoms with E-state index < -0.39 is 5.60 Å². The maximum Gasteiger partial charge on any atom is 0.0893 e. The molecule has 0 aliphatic carbocycles. The van der Waals surface area contributed by atoms with Crippen LogP contribution in [0.1, 0.15) is 37.8 Å². The normalized spacial score (nSPS) is 11.8. The van der Waals surface area contributed by atoms with Crippen molar-refractivity contribution in [2.75, 3.05) is 0 Å². The molecule has 0 bridgehead atoms. The second kappa shape index (κ2) is 4.37. The van der Waals surface area contributed by atoms with Gasteiger partial charge in [-0.05, 0) is 43.0 Å². The van der Waals surface area contributed by atoms with E-state index in [4.69, 9.17) is 0 Å². The van der Waals surface area contributed by atoms with Gasteiger partial charge >= 0.3 is 0 Å². The summed E-state index contributed by atoms with van der Waals surface area (Å²) >= 11 is 4.27. The second-order valence-corrected chi connectivity index (χ2v) is 4.25. The Morgan fingerprint density at radius 3 is 2.29 bits per heavy atom. The molecule has 0 unspecified atom stereocenters. The fraction of sp³-hybridized carbons (Fsp3) is 0.500. The first-order valence-electron chi connectivity index (χ1n) is 5.06. The summed E-state index contributed by atoms with van der Waals surface area (Å²) < 4.78 is 0. The van der Waals surface area contributed by atoms with Crippen LogP contribution in [-0.4, -0.2) is 5.11 Å². The van der Waals surface area contributed by atoms with E-state index in [1.807, 2.05) is 39.0 Å². The summed E-state index contributed by atoms with van der Waals surface area (Å²) in [6, 6.07) is 5.90. The van der Waals surface area contributed by atoms with Gasteiger partial charge in [-0.1, -0.05) is 19.9 Å². The number of thiol groups is 1. The molecule has 0 atom stereocenters. The zero-order chi connectivity index (χ0) is 10.8. The lowest BCUT2D eigenvalue weighted by Gasteiger charge is -2.27. The molecule has 78 valence electrons. The molecule has 0 heterocycles. The Bertz CT molecular complexity index is 316. The molecule has 1 aromatic rings. The Balaban J connectivity index is 3.17. The van der Waals surface area contributed by atoms with Crippen molar-refractivity contribution in [2.45, 2.75) is 44.1 Å². The molecule has 1 N–H and O–H groups in total. The SMILES string of the molecule is CCC(O)(CC)c1ccc(S)cc1C. The van der Waals surface area contributed by atoms with Gasteiger partial charge in [0, 0.05) is 4.90 Å². The monoisotopic (exact) mass is 210 g/mol. The molecule has 0 aliphatic rings. The molecule has 1 aromatic carbocycles. The van der Waals surface area contributed by atoms with Gasteiger partial charge in [-0.3, -0.25) is 0 Å². The summed E-state index contributed by atoms with van der Waals surface area (Å²) in [5.74, 6) is 0. The number of aryl methyl sites for hydroxylation is 1. The number of hydrogen-bond donors (Lipinski definition) is 2. The smallest absolute Gasteiger partial charge is 0.0893 e. The summed E-state index contributed by atoms with van der Waals surface area (Å²) in [6.07, 6.45) is 1.49. The van der Waals surface area contributed by atoms with Crippen molar-refractivity contribution < 1.29 is 5.11 Å². The lowest BCUT2D eigenvalue weighted by atomic mass is 9.86. The molecule has 0 radical (unpaired) electrons. The van der Waals surface area contributed by atoms with Gasteiger partial charge in [-0.15, -0.1) is 12.6 Å².